The van der Waals surface area contributed by atoms with E-state index in [9.17, 15) is 13.6 Å². The minimum Gasteiger partial charge on any atom is -0.465 e. The molecule has 9 nitrogen and oxygen atoms in total. The molecule has 3 aromatic heterocycles. The molecule has 1 amide bonds. The zero-order valence-corrected chi connectivity index (χ0v) is 13.0. The van der Waals surface area contributed by atoms with Gasteiger partial charge in [-0.25, -0.2) is 23.5 Å². The highest BCUT2D eigenvalue weighted by atomic mass is 19.3. The second kappa shape index (κ2) is 5.46. The average Bonchev–Trinajstić information content (AvgIpc) is 3.02. The van der Waals surface area contributed by atoms with Crippen molar-refractivity contribution in [3.63, 3.8) is 0 Å². The van der Waals surface area contributed by atoms with E-state index >= 15 is 0 Å². The number of likely N-dealkylation sites (N-methyl/N-ethyl adjacent to an activating group) is 1. The van der Waals surface area contributed by atoms with Gasteiger partial charge in [-0.2, -0.15) is 0 Å². The molecule has 25 heavy (non-hydrogen) atoms. The molecule has 1 saturated heterocycles. The van der Waals surface area contributed by atoms with Gasteiger partial charge in [0.25, 0.3) is 6.43 Å². The van der Waals surface area contributed by atoms with Crippen molar-refractivity contribution in [2.24, 2.45) is 0 Å². The number of alkyl halides is 2. The van der Waals surface area contributed by atoms with Gasteiger partial charge in [0.15, 0.2) is 11.5 Å². The highest BCUT2D eigenvalue weighted by Crippen LogP contribution is 2.28. The van der Waals surface area contributed by atoms with Gasteiger partial charge in [-0.15, -0.1) is 10.2 Å². The van der Waals surface area contributed by atoms with Crippen molar-refractivity contribution in [1.82, 2.24) is 29.5 Å². The summed E-state index contributed by atoms with van der Waals surface area (Å²) in [6, 6.07) is 1.17. The Morgan fingerprint density at radius 2 is 2.20 bits per heavy atom. The molecule has 4 heterocycles. The van der Waals surface area contributed by atoms with E-state index in [1.807, 2.05) is 4.90 Å². The second-order valence-corrected chi connectivity index (χ2v) is 5.82. The summed E-state index contributed by atoms with van der Waals surface area (Å²) in [5, 5.41) is 16.9. The van der Waals surface area contributed by atoms with Crippen LogP contribution in [0.4, 0.5) is 19.4 Å². The molecular formula is C14H13F2N7O2. The zero-order valence-electron chi connectivity index (χ0n) is 13.0. The Morgan fingerprint density at radius 3 is 2.88 bits per heavy atom. The van der Waals surface area contributed by atoms with Crippen LogP contribution in [-0.2, 0) is 0 Å². The number of hydrogen-bond acceptors (Lipinski definition) is 6. The molecule has 1 N–H and O–H groups in total. The fourth-order valence-electron chi connectivity index (χ4n) is 2.80. The third-order valence-corrected chi connectivity index (χ3v) is 4.35. The smallest absolute Gasteiger partial charge is 0.407 e. The Labute approximate surface area is 139 Å². The highest BCUT2D eigenvalue weighted by Gasteiger charge is 2.35. The van der Waals surface area contributed by atoms with Gasteiger partial charge >= 0.3 is 6.09 Å². The molecule has 11 heteroatoms. The maximum atomic E-state index is 12.9. The van der Waals surface area contributed by atoms with Crippen LogP contribution in [0.3, 0.4) is 0 Å². The number of nitrogens with zero attached hydrogens (tertiary/aromatic N) is 7. The van der Waals surface area contributed by atoms with Gasteiger partial charge in [0.2, 0.25) is 5.65 Å². The fraction of sp³-hybridized carbons (Fsp3) is 0.357. The van der Waals surface area contributed by atoms with Gasteiger partial charge in [0, 0.05) is 31.9 Å². The largest absolute Gasteiger partial charge is 0.465 e. The van der Waals surface area contributed by atoms with Crippen LogP contribution in [-0.4, -0.2) is 66.8 Å². The van der Waals surface area contributed by atoms with Crippen molar-refractivity contribution >= 4 is 28.7 Å². The Morgan fingerprint density at radius 1 is 1.44 bits per heavy atom. The summed E-state index contributed by atoms with van der Waals surface area (Å²) in [5.41, 5.74) is 0.893. The number of carbonyl (C=O) groups is 1. The monoisotopic (exact) mass is 349 g/mol. The molecule has 3 aromatic rings. The third-order valence-electron chi connectivity index (χ3n) is 4.35. The van der Waals surface area contributed by atoms with E-state index in [-0.39, 0.29) is 11.6 Å². The van der Waals surface area contributed by atoms with E-state index in [0.717, 1.165) is 6.20 Å². The molecule has 1 fully saturated rings. The van der Waals surface area contributed by atoms with Gasteiger partial charge < -0.3 is 14.9 Å². The molecule has 1 aliphatic heterocycles. The highest BCUT2D eigenvalue weighted by molar-refractivity contribution is 5.81. The van der Waals surface area contributed by atoms with Crippen LogP contribution >= 0.6 is 0 Å². The summed E-state index contributed by atoms with van der Waals surface area (Å²) in [5.74, 6) is 0.498. The minimum atomic E-state index is -2.63. The van der Waals surface area contributed by atoms with Crippen LogP contribution in [0.1, 0.15) is 12.0 Å². The number of aromatic nitrogens is 5. The van der Waals surface area contributed by atoms with Crippen LogP contribution in [0.15, 0.2) is 18.6 Å². The number of anilines is 1. The molecule has 0 unspecified atom stereocenters. The number of halogens is 2. The van der Waals surface area contributed by atoms with Crippen LogP contribution in [0, 0.1) is 0 Å². The molecule has 0 bridgehead atoms. The van der Waals surface area contributed by atoms with Crippen LogP contribution < -0.4 is 4.90 Å². The quantitative estimate of drug-likeness (QED) is 0.763. The lowest BCUT2D eigenvalue weighted by Crippen LogP contribution is -2.60. The van der Waals surface area contributed by atoms with Gasteiger partial charge in [-0.05, 0) is 6.07 Å². The lowest BCUT2D eigenvalue weighted by molar-refractivity contribution is 0.130. The van der Waals surface area contributed by atoms with E-state index in [1.165, 1.54) is 24.3 Å². The Hall–Kier alpha value is -3.11. The first-order valence-electron chi connectivity index (χ1n) is 7.44. The number of pyridine rings is 1. The normalized spacial score (nSPS) is 15.1. The number of rotatable bonds is 3. The predicted molar refractivity (Wildman–Crippen MR) is 82.8 cm³/mol. The molecule has 0 saturated carbocycles. The van der Waals surface area contributed by atoms with Crippen LogP contribution in [0.25, 0.3) is 16.8 Å². The van der Waals surface area contributed by atoms with Gasteiger partial charge in [0.05, 0.1) is 11.6 Å². The average molecular weight is 349 g/mol. The first-order chi connectivity index (χ1) is 12.0. The molecular weight excluding hydrogens is 336 g/mol. The van der Waals surface area contributed by atoms with Crippen molar-refractivity contribution < 1.29 is 18.7 Å². The molecule has 0 aliphatic carbocycles. The first-order valence-corrected chi connectivity index (χ1v) is 7.44. The summed E-state index contributed by atoms with van der Waals surface area (Å²) in [4.78, 5) is 22.5. The van der Waals surface area contributed by atoms with Crippen molar-refractivity contribution in [3.05, 3.63) is 24.2 Å². The summed E-state index contributed by atoms with van der Waals surface area (Å²) >= 11 is 0. The number of amides is 1. The molecule has 4 rings (SSSR count). The Bertz CT molecular complexity index is 970. The summed E-state index contributed by atoms with van der Waals surface area (Å²) in [6.45, 7) is 0.915. The number of hydrogen-bond donors (Lipinski definition) is 1. The van der Waals surface area contributed by atoms with E-state index in [0.29, 0.717) is 35.7 Å². The van der Waals surface area contributed by atoms with Gasteiger partial charge in [-0.3, -0.25) is 4.40 Å². The molecule has 0 radical (unpaired) electrons. The van der Waals surface area contributed by atoms with Gasteiger partial charge in [0.1, 0.15) is 6.33 Å². The maximum absolute atomic E-state index is 12.9. The second-order valence-electron chi connectivity index (χ2n) is 5.82. The topological polar surface area (TPSA) is 99.8 Å². The Kier molecular flexibility index (Phi) is 3.37. The number of carboxylic acid groups (broad SMARTS) is 1. The van der Waals surface area contributed by atoms with Gasteiger partial charge in [-0.1, -0.05) is 0 Å². The van der Waals surface area contributed by atoms with E-state index in [4.69, 9.17) is 5.11 Å². The lowest BCUT2D eigenvalue weighted by atomic mass is 10.1. The molecule has 1 aliphatic rings. The van der Waals surface area contributed by atoms with Crippen molar-refractivity contribution in [3.8, 4) is 0 Å². The molecule has 0 atom stereocenters. The number of fused-ring (bicyclic) bond motifs is 3. The van der Waals surface area contributed by atoms with Crippen LogP contribution in [0.2, 0.25) is 0 Å². The van der Waals surface area contributed by atoms with Crippen molar-refractivity contribution in [2.75, 3.05) is 25.0 Å². The molecule has 130 valence electrons. The molecule has 0 aromatic carbocycles. The summed E-state index contributed by atoms with van der Waals surface area (Å²) in [7, 11) is 1.51. The van der Waals surface area contributed by atoms with E-state index in [2.05, 4.69) is 20.2 Å². The van der Waals surface area contributed by atoms with Crippen LogP contribution in [0.5, 0.6) is 0 Å². The summed E-state index contributed by atoms with van der Waals surface area (Å²) in [6.07, 6.45) is -1.12. The maximum Gasteiger partial charge on any atom is 0.407 e. The van der Waals surface area contributed by atoms with E-state index in [1.54, 1.807) is 4.40 Å². The zero-order chi connectivity index (χ0) is 17.7. The van der Waals surface area contributed by atoms with Crippen molar-refractivity contribution in [1.29, 1.82) is 0 Å². The summed E-state index contributed by atoms with van der Waals surface area (Å²) < 4.78 is 27.4. The Balaban J connectivity index is 1.74. The lowest BCUT2D eigenvalue weighted by Gasteiger charge is -2.43. The SMILES string of the molecule is CN(C(=O)O)C1CN(c2nc3ncc(C(F)F)cc3n3cnnc23)C1. The van der Waals surface area contributed by atoms with E-state index < -0.39 is 12.5 Å². The molecule has 0 spiro atoms. The van der Waals surface area contributed by atoms with Crippen molar-refractivity contribution in [2.45, 2.75) is 12.5 Å². The first kappa shape index (κ1) is 15.4. The third kappa shape index (κ3) is 2.39. The fourth-order valence-corrected chi connectivity index (χ4v) is 2.80. The minimum absolute atomic E-state index is 0.146. The predicted octanol–water partition coefficient (Wildman–Crippen LogP) is 1.41. The standard InChI is InChI=1S/C14H13F2N7O2/c1-21(14(24)25)8-4-22(5-8)12-13-20-18-6-23(13)9-2-7(10(15)16)3-17-11(9)19-12/h2-3,6,8,10H,4-5H2,1H3,(H,24,25).